The van der Waals surface area contributed by atoms with Crippen LogP contribution in [0, 0.1) is 0 Å². The molecular weight excluding hydrogens is 833 g/mol. The van der Waals surface area contributed by atoms with E-state index in [4.69, 9.17) is 21.0 Å². The van der Waals surface area contributed by atoms with Gasteiger partial charge in [0, 0.05) is 4.90 Å². The fourth-order valence-corrected chi connectivity index (χ4v) is 2.22. The zero-order valence-electron chi connectivity index (χ0n) is 21.2. The van der Waals surface area contributed by atoms with Crippen LogP contribution in [-0.2, 0) is 45.1 Å². The quantitative estimate of drug-likeness (QED) is 0.174. The number of thioether (sulfide) groups is 1. The Balaban J connectivity index is -0.0000000342. The number of rotatable bonds is 4. The first-order valence-corrected chi connectivity index (χ1v) is 12.6. The third-order valence-corrected chi connectivity index (χ3v) is 3.63. The average molecular weight is 886 g/mol. The van der Waals surface area contributed by atoms with Crippen molar-refractivity contribution >= 4 is 35.1 Å². The Bertz CT molecular complexity index is 670. The van der Waals surface area contributed by atoms with Crippen LogP contribution in [0.25, 0.3) is 0 Å². The number of hydrogen-bond donors (Lipinski definition) is 0. The second kappa shape index (κ2) is 60.2. The van der Waals surface area contributed by atoms with Gasteiger partial charge in [0.05, 0.1) is 27.7 Å². The Morgan fingerprint density at radius 1 is 0.667 bits per heavy atom. The van der Waals surface area contributed by atoms with Gasteiger partial charge in [0.1, 0.15) is 13.3 Å². The van der Waals surface area contributed by atoms with Crippen LogP contribution < -0.4 is 0 Å². The molecule has 0 N–H and O–H groups in total. The van der Waals surface area contributed by atoms with E-state index in [-0.39, 0.29) is 49.7 Å². The molecule has 0 saturated carbocycles. The molecule has 0 amide bonds. The average Bonchev–Trinajstić information content (AvgIpc) is 2.84. The van der Waals surface area contributed by atoms with Crippen LogP contribution >= 0.6 is 11.8 Å². The molecule has 0 saturated heterocycles. The Hall–Kier alpha value is -2.46. The SMILES string of the molecule is C.C.C.C.CCF.CCF.CCSc1ccc(CF)cc1.CF.CF.C[S-](=O)=O.FCc1ccc([S-])cc1.[Rf]. The number of alkyl halides is 6. The summed E-state index contributed by atoms with van der Waals surface area (Å²) in [7, 11) is -0.861. The van der Waals surface area contributed by atoms with Crippen LogP contribution in [-0.4, -0.2) is 39.7 Å². The maximum Gasteiger partial charge on any atom is 0.115 e. The van der Waals surface area contributed by atoms with Gasteiger partial charge in [0.2, 0.25) is 0 Å². The van der Waals surface area contributed by atoms with E-state index >= 15 is 0 Å². The summed E-state index contributed by atoms with van der Waals surface area (Å²) in [6.45, 7) is 3.75. The summed E-state index contributed by atoms with van der Waals surface area (Å²) < 4.78 is 81.4. The van der Waals surface area contributed by atoms with Crippen LogP contribution in [0.15, 0.2) is 58.3 Å². The maximum atomic E-state index is 12.0. The minimum absolute atomic E-state index is 0. The molecule has 2 aromatic carbocycles. The molecule has 0 atom stereocenters. The first-order valence-electron chi connectivity index (χ1n) is 9.73. The molecule has 0 aliphatic rings. The largest absolute Gasteiger partial charge is 0.780 e. The maximum absolute atomic E-state index is 12.0. The molecule has 236 valence electrons. The summed E-state index contributed by atoms with van der Waals surface area (Å²) >= 11 is 6.57. The minimum atomic E-state index is -1.86. The molecule has 0 bridgehead atoms. The van der Waals surface area contributed by atoms with E-state index in [0.717, 1.165) is 22.5 Å². The van der Waals surface area contributed by atoms with Crippen molar-refractivity contribution in [2.24, 2.45) is 0 Å². The first kappa shape index (κ1) is 65.5. The van der Waals surface area contributed by atoms with E-state index in [0.29, 0.717) is 19.9 Å². The van der Waals surface area contributed by atoms with Crippen molar-refractivity contribution in [1.82, 2.24) is 0 Å². The molecule has 0 aromatic heterocycles. The van der Waals surface area contributed by atoms with Crippen molar-refractivity contribution in [2.45, 2.75) is 73.6 Å². The van der Waals surface area contributed by atoms with Crippen LogP contribution in [0.1, 0.15) is 61.6 Å². The monoisotopic (exact) mass is 885 g/mol. The van der Waals surface area contributed by atoms with Gasteiger partial charge in [0.15, 0.2) is 0 Å². The molecule has 0 heterocycles. The molecule has 0 aliphatic heterocycles. The van der Waals surface area contributed by atoms with E-state index in [1.807, 2.05) is 24.3 Å². The van der Waals surface area contributed by atoms with Crippen molar-refractivity contribution in [3.63, 3.8) is 0 Å². The fraction of sp³-hybridized carbons (Fsp3) is 0.556. The molecule has 2 aromatic rings. The summed E-state index contributed by atoms with van der Waals surface area (Å²) in [5.41, 5.74) is 1.44. The Kier molecular flexibility index (Phi) is 101. The molecule has 2 rings (SSSR count). The van der Waals surface area contributed by atoms with Crippen LogP contribution in [0.5, 0.6) is 0 Å². The van der Waals surface area contributed by atoms with Crippen LogP contribution in [0.3, 0.4) is 0 Å². The summed E-state index contributed by atoms with van der Waals surface area (Å²) in [5.74, 6) is 1.06. The number of benzene rings is 2. The van der Waals surface area contributed by atoms with Gasteiger partial charge in [-0.2, -0.15) is 4.90 Å². The van der Waals surface area contributed by atoms with Crippen molar-refractivity contribution in [3.05, 3.63) is 59.7 Å². The van der Waals surface area contributed by atoms with Gasteiger partial charge in [-0.15, -0.1) is 11.8 Å². The van der Waals surface area contributed by atoms with Gasteiger partial charge in [-0.25, -0.2) is 8.78 Å². The Labute approximate surface area is 242 Å². The van der Waals surface area contributed by atoms with Gasteiger partial charge < -0.3 is 21.0 Å². The predicted molar refractivity (Wildman–Crippen MR) is 163 cm³/mol. The van der Waals surface area contributed by atoms with Crippen LogP contribution in [0.4, 0.5) is 26.3 Å². The molecule has 0 unspecified atom stereocenters. The topological polar surface area (TPSA) is 34.1 Å². The zero-order valence-corrected chi connectivity index (χ0v) is 30.0. The molecule has 0 aliphatic carbocycles. The van der Waals surface area contributed by atoms with Crippen molar-refractivity contribution < 1.29 is 34.8 Å². The van der Waals surface area contributed by atoms with E-state index in [9.17, 15) is 26.3 Å². The third-order valence-electron chi connectivity index (χ3n) is 2.47. The minimum Gasteiger partial charge on any atom is -0.780 e. The molecule has 39 heavy (non-hydrogen) atoms. The number of halogens is 6. The first-order chi connectivity index (χ1) is 16.2. The summed E-state index contributed by atoms with van der Waals surface area (Å²) in [6, 6.07) is 14.4. The molecule has 0 spiro atoms. The van der Waals surface area contributed by atoms with Gasteiger partial charge in [0.25, 0.3) is 0 Å². The second-order valence-electron chi connectivity index (χ2n) is 4.92. The molecule has 2 nitrogen and oxygen atoms in total. The van der Waals surface area contributed by atoms with Gasteiger partial charge in [-0.3, -0.25) is 17.6 Å². The smallest absolute Gasteiger partial charge is 0.115 e. The summed E-state index contributed by atoms with van der Waals surface area (Å²) in [5, 5.41) is 0. The normalized spacial score (nSPS) is 7.10. The fourth-order valence-electron chi connectivity index (χ4n) is 1.42. The zero-order chi connectivity index (χ0) is 27.8. The van der Waals surface area contributed by atoms with Crippen LogP contribution in [0.2, 0.25) is 0 Å². The van der Waals surface area contributed by atoms with Gasteiger partial charge in [-0.05, 0) is 42.9 Å². The standard InChI is InChI=1S/C9H11FS.C7H7FS.2C2H5F.2CH3F.CH3O2S.4CH4.Rf/c1-2-11-9-5-3-8(7-10)4-6-9;8-5-6-1-3-7(9)4-2-6;2*1-2-3;2*1-2;1-4(2)3;;;;;/h3-6H,2,7H2,1H3;1-4,9H,5H2;2*2H2,1H3;2*1H3;1H3;4*1H4;/q;;;;;;-1;;;;;/p-1. The van der Waals surface area contributed by atoms with E-state index in [1.165, 1.54) is 18.7 Å². The van der Waals surface area contributed by atoms with E-state index < -0.39 is 17.4 Å². The molecule has 12 heteroatoms. The van der Waals surface area contributed by atoms with Gasteiger partial charge >= 0.3 is 0 Å². The van der Waals surface area contributed by atoms with Crippen molar-refractivity contribution in [1.29, 1.82) is 0 Å². The van der Waals surface area contributed by atoms with E-state index in [2.05, 4.69) is 6.92 Å². The third kappa shape index (κ3) is 66.4. The van der Waals surface area contributed by atoms with Crippen molar-refractivity contribution in [3.8, 4) is 0 Å². The molecule has 0 radical (unpaired) electrons. The predicted octanol–water partition coefficient (Wildman–Crippen LogP) is 10.9. The number of hydrogen-bond acceptors (Lipinski definition) is 5. The summed E-state index contributed by atoms with van der Waals surface area (Å²) in [6.07, 6.45) is 1.08. The second-order valence-corrected chi connectivity index (χ2v) is 7.54. The van der Waals surface area contributed by atoms with Crippen molar-refractivity contribution in [2.75, 3.05) is 39.7 Å². The van der Waals surface area contributed by atoms with Gasteiger partial charge in [-0.1, -0.05) is 90.0 Å². The molecule has 0 fully saturated rings. The Morgan fingerprint density at radius 2 is 0.897 bits per heavy atom. The van der Waals surface area contributed by atoms with E-state index in [1.54, 1.807) is 36.0 Å². The summed E-state index contributed by atoms with van der Waals surface area (Å²) in [4.78, 5) is 1.97. The molecular formula is C27H52F6O2RfS3-2. The Morgan fingerprint density at radius 3 is 1.10 bits per heavy atom.